The maximum atomic E-state index is 6.26. The van der Waals surface area contributed by atoms with E-state index in [1.165, 1.54) is 5.56 Å². The Morgan fingerprint density at radius 2 is 1.88 bits per heavy atom. The molecule has 1 aromatic rings. The minimum Gasteiger partial charge on any atom is -0.410 e. The number of rotatable bonds is 1. The highest BCUT2D eigenvalue weighted by molar-refractivity contribution is 6.71. The van der Waals surface area contributed by atoms with Gasteiger partial charge < -0.3 is 4.43 Å². The van der Waals surface area contributed by atoms with Crippen LogP contribution in [0, 0.1) is 0 Å². The summed E-state index contributed by atoms with van der Waals surface area (Å²) in [6, 6.07) is 9.11. The van der Waals surface area contributed by atoms with Crippen LogP contribution in [0.25, 0.3) is 0 Å². The van der Waals surface area contributed by atoms with Gasteiger partial charge in [0.2, 0.25) is 0 Å². The van der Waals surface area contributed by atoms with Crippen molar-refractivity contribution >= 4 is 19.9 Å². The third-order valence-electron chi connectivity index (χ3n) is 2.83. The highest BCUT2D eigenvalue weighted by atomic mass is 35.5. The summed E-state index contributed by atoms with van der Waals surface area (Å²) in [6.45, 7) is 4.54. The Morgan fingerprint density at radius 3 is 2.56 bits per heavy atom. The van der Waals surface area contributed by atoms with Gasteiger partial charge in [-0.05, 0) is 43.3 Å². The Balaban J connectivity index is 2.20. The van der Waals surface area contributed by atoms with Gasteiger partial charge in [0.15, 0.2) is 8.32 Å². The lowest BCUT2D eigenvalue weighted by Gasteiger charge is -2.26. The molecule has 0 radical (unpaired) electrons. The monoisotopic (exact) mass is 252 g/mol. The van der Waals surface area contributed by atoms with E-state index in [4.69, 9.17) is 16.0 Å². The molecule has 2 rings (SSSR count). The number of halogens is 1. The van der Waals surface area contributed by atoms with Gasteiger partial charge in [0.1, 0.15) is 0 Å². The molecule has 16 heavy (non-hydrogen) atoms. The molecule has 0 amide bonds. The Hall–Kier alpha value is -0.573. The summed E-state index contributed by atoms with van der Waals surface area (Å²) < 4.78 is 6.26. The molecule has 0 saturated carbocycles. The number of hydrogen-bond acceptors (Lipinski definition) is 1. The van der Waals surface area contributed by atoms with Gasteiger partial charge in [0.05, 0.1) is 6.10 Å². The van der Waals surface area contributed by atoms with Gasteiger partial charge >= 0.3 is 0 Å². The molecule has 1 atom stereocenters. The summed E-state index contributed by atoms with van der Waals surface area (Å²) in [6.07, 6.45) is 5.68. The molecule has 1 heterocycles. The summed E-state index contributed by atoms with van der Waals surface area (Å²) in [5.74, 6) is 0. The molecule has 0 aliphatic carbocycles. The lowest BCUT2D eigenvalue weighted by Crippen LogP contribution is -2.30. The van der Waals surface area contributed by atoms with E-state index in [1.807, 2.05) is 12.1 Å². The first-order chi connectivity index (χ1) is 7.57. The van der Waals surface area contributed by atoms with Crippen LogP contribution in [-0.2, 0) is 4.43 Å². The minimum absolute atomic E-state index is 0.206. The molecule has 0 bridgehead atoms. The van der Waals surface area contributed by atoms with Crippen LogP contribution in [0.1, 0.15) is 18.1 Å². The van der Waals surface area contributed by atoms with Crippen LogP contribution in [-0.4, -0.2) is 8.32 Å². The van der Waals surface area contributed by atoms with Crippen LogP contribution in [0.5, 0.6) is 0 Å². The fourth-order valence-corrected chi connectivity index (χ4v) is 3.91. The van der Waals surface area contributed by atoms with Crippen molar-refractivity contribution in [3.8, 4) is 0 Å². The summed E-state index contributed by atoms with van der Waals surface area (Å²) in [4.78, 5) is 0. The Kier molecular flexibility index (Phi) is 3.52. The summed E-state index contributed by atoms with van der Waals surface area (Å²) in [5.41, 5.74) is 1.23. The molecule has 1 unspecified atom stereocenters. The third-order valence-corrected chi connectivity index (χ3v) is 5.22. The molecular formula is C13H17ClOSi. The van der Waals surface area contributed by atoms with Crippen LogP contribution in [0.4, 0.5) is 0 Å². The van der Waals surface area contributed by atoms with Gasteiger partial charge in [-0.15, -0.1) is 0 Å². The van der Waals surface area contributed by atoms with Crippen molar-refractivity contribution in [1.29, 1.82) is 0 Å². The number of allylic oxidation sites excluding steroid dienone is 1. The van der Waals surface area contributed by atoms with Gasteiger partial charge in [0, 0.05) is 5.02 Å². The SMILES string of the molecule is C[Si]1(C)CC=CCC(c2ccc(Cl)cc2)O1. The zero-order chi connectivity index (χ0) is 11.6. The van der Waals surface area contributed by atoms with Gasteiger partial charge in [-0.3, -0.25) is 0 Å². The minimum atomic E-state index is -1.52. The van der Waals surface area contributed by atoms with E-state index < -0.39 is 8.32 Å². The van der Waals surface area contributed by atoms with Gasteiger partial charge in [-0.25, -0.2) is 0 Å². The highest BCUT2D eigenvalue weighted by Gasteiger charge is 2.27. The van der Waals surface area contributed by atoms with E-state index in [9.17, 15) is 0 Å². The molecule has 0 fully saturated rings. The average Bonchev–Trinajstić information content (AvgIpc) is 2.40. The van der Waals surface area contributed by atoms with Crippen molar-refractivity contribution in [2.75, 3.05) is 0 Å². The lowest BCUT2D eigenvalue weighted by atomic mass is 10.1. The van der Waals surface area contributed by atoms with Crippen LogP contribution < -0.4 is 0 Å². The lowest BCUT2D eigenvalue weighted by molar-refractivity contribution is 0.202. The summed E-state index contributed by atoms with van der Waals surface area (Å²) in [7, 11) is -1.52. The summed E-state index contributed by atoms with van der Waals surface area (Å²) >= 11 is 5.89. The topological polar surface area (TPSA) is 9.23 Å². The Labute approximate surface area is 103 Å². The second-order valence-electron chi connectivity index (χ2n) is 4.83. The quantitative estimate of drug-likeness (QED) is 0.526. The van der Waals surface area contributed by atoms with Crippen LogP contribution in [0.3, 0.4) is 0 Å². The summed E-state index contributed by atoms with van der Waals surface area (Å²) in [5, 5.41) is 0.782. The van der Waals surface area contributed by atoms with Crippen molar-refractivity contribution in [3.63, 3.8) is 0 Å². The van der Waals surface area contributed by atoms with Crippen LogP contribution in [0.2, 0.25) is 24.2 Å². The van der Waals surface area contributed by atoms with E-state index in [2.05, 4.69) is 37.4 Å². The van der Waals surface area contributed by atoms with Crippen molar-refractivity contribution < 1.29 is 4.43 Å². The zero-order valence-corrected chi connectivity index (χ0v) is 11.5. The first kappa shape index (κ1) is 11.9. The number of hydrogen-bond donors (Lipinski definition) is 0. The smallest absolute Gasteiger partial charge is 0.191 e. The van der Waals surface area contributed by atoms with E-state index >= 15 is 0 Å². The molecule has 0 N–H and O–H groups in total. The van der Waals surface area contributed by atoms with Crippen molar-refractivity contribution in [3.05, 3.63) is 47.0 Å². The van der Waals surface area contributed by atoms with E-state index in [0.717, 1.165) is 17.5 Å². The Morgan fingerprint density at radius 1 is 1.19 bits per heavy atom. The second kappa shape index (κ2) is 4.74. The highest BCUT2D eigenvalue weighted by Crippen LogP contribution is 2.31. The number of benzene rings is 1. The molecule has 3 heteroatoms. The molecule has 86 valence electrons. The predicted octanol–water partition coefficient (Wildman–Crippen LogP) is 4.56. The van der Waals surface area contributed by atoms with E-state index in [1.54, 1.807) is 0 Å². The normalized spacial score (nSPS) is 24.1. The van der Waals surface area contributed by atoms with E-state index in [0.29, 0.717) is 0 Å². The molecule has 1 aromatic carbocycles. The standard InChI is InChI=1S/C13H17ClOSi/c1-16(2)10-4-3-5-13(15-16)11-6-8-12(14)9-7-11/h3-4,6-9,13H,5,10H2,1-2H3. The fourth-order valence-electron chi connectivity index (χ4n) is 1.95. The van der Waals surface area contributed by atoms with Crippen molar-refractivity contribution in [2.45, 2.75) is 31.7 Å². The van der Waals surface area contributed by atoms with Gasteiger partial charge in [-0.2, -0.15) is 0 Å². The fraction of sp³-hybridized carbons (Fsp3) is 0.385. The zero-order valence-electron chi connectivity index (χ0n) is 9.74. The third kappa shape index (κ3) is 2.97. The second-order valence-corrected chi connectivity index (χ2v) is 9.43. The van der Waals surface area contributed by atoms with Gasteiger partial charge in [-0.1, -0.05) is 35.9 Å². The molecule has 0 spiro atoms. The van der Waals surface area contributed by atoms with Crippen LogP contribution >= 0.6 is 11.6 Å². The Bertz CT molecular complexity index is 383. The van der Waals surface area contributed by atoms with Crippen LogP contribution in [0.15, 0.2) is 36.4 Å². The first-order valence-electron chi connectivity index (χ1n) is 5.65. The largest absolute Gasteiger partial charge is 0.410 e. The first-order valence-corrected chi connectivity index (χ1v) is 9.14. The average molecular weight is 253 g/mol. The molecule has 1 nitrogen and oxygen atoms in total. The van der Waals surface area contributed by atoms with Gasteiger partial charge in [0.25, 0.3) is 0 Å². The maximum absolute atomic E-state index is 6.26. The maximum Gasteiger partial charge on any atom is 0.191 e. The van der Waals surface area contributed by atoms with E-state index in [-0.39, 0.29) is 6.10 Å². The predicted molar refractivity (Wildman–Crippen MR) is 71.3 cm³/mol. The van der Waals surface area contributed by atoms with Crippen molar-refractivity contribution in [2.24, 2.45) is 0 Å². The molecule has 0 saturated heterocycles. The molecular weight excluding hydrogens is 236 g/mol. The molecule has 1 aliphatic rings. The van der Waals surface area contributed by atoms with Crippen molar-refractivity contribution in [1.82, 2.24) is 0 Å². The molecule has 0 aromatic heterocycles. The molecule has 1 aliphatic heterocycles.